The standard InChI is InChI=1S/C10H4Cl3NO/c11-5-1-2-8-6(3-5)9(12)7(4-14-8)10(13)15/h1-4H. The number of halogens is 3. The van der Waals surface area contributed by atoms with Crippen LogP contribution in [0, 0.1) is 0 Å². The number of hydrogen-bond donors (Lipinski definition) is 0. The molecule has 0 unspecified atom stereocenters. The molecule has 0 saturated heterocycles. The minimum atomic E-state index is -0.630. The van der Waals surface area contributed by atoms with E-state index >= 15 is 0 Å². The normalized spacial score (nSPS) is 10.6. The van der Waals surface area contributed by atoms with Crippen LogP contribution in [0.1, 0.15) is 10.4 Å². The van der Waals surface area contributed by atoms with E-state index in [0.717, 1.165) is 0 Å². The summed E-state index contributed by atoms with van der Waals surface area (Å²) in [6.07, 6.45) is 1.36. The molecule has 2 aromatic rings. The third kappa shape index (κ3) is 1.93. The molecule has 0 aliphatic rings. The average molecular weight is 261 g/mol. The Morgan fingerprint density at radius 1 is 1.27 bits per heavy atom. The molecule has 0 spiro atoms. The van der Waals surface area contributed by atoms with Crippen LogP contribution in [0.5, 0.6) is 0 Å². The van der Waals surface area contributed by atoms with Crippen LogP contribution in [0.4, 0.5) is 0 Å². The number of nitrogens with zero attached hydrogens (tertiary/aromatic N) is 1. The van der Waals surface area contributed by atoms with Gasteiger partial charge in [-0.15, -0.1) is 0 Å². The van der Waals surface area contributed by atoms with Gasteiger partial charge >= 0.3 is 0 Å². The lowest BCUT2D eigenvalue weighted by molar-refractivity contribution is 0.108. The van der Waals surface area contributed by atoms with Crippen molar-refractivity contribution in [3.8, 4) is 0 Å². The fourth-order valence-corrected chi connectivity index (χ4v) is 1.92. The molecule has 1 aromatic heterocycles. The van der Waals surface area contributed by atoms with E-state index in [2.05, 4.69) is 4.98 Å². The number of benzene rings is 1. The Hall–Kier alpha value is -0.830. The van der Waals surface area contributed by atoms with Gasteiger partial charge in [-0.25, -0.2) is 0 Å². The highest BCUT2D eigenvalue weighted by Gasteiger charge is 2.11. The van der Waals surface area contributed by atoms with Gasteiger partial charge in [-0.3, -0.25) is 9.78 Å². The van der Waals surface area contributed by atoms with Crippen molar-refractivity contribution in [2.45, 2.75) is 0 Å². The Morgan fingerprint density at radius 2 is 2.00 bits per heavy atom. The van der Waals surface area contributed by atoms with Crippen LogP contribution < -0.4 is 0 Å². The second-order valence-electron chi connectivity index (χ2n) is 2.92. The average Bonchev–Trinajstić information content (AvgIpc) is 2.19. The summed E-state index contributed by atoms with van der Waals surface area (Å²) in [6.45, 7) is 0. The largest absolute Gasteiger partial charge is 0.275 e. The Bertz CT molecular complexity index is 554. The lowest BCUT2D eigenvalue weighted by atomic mass is 10.2. The van der Waals surface area contributed by atoms with Gasteiger partial charge in [-0.05, 0) is 29.8 Å². The first-order chi connectivity index (χ1) is 7.09. The number of aromatic nitrogens is 1. The van der Waals surface area contributed by atoms with Gasteiger partial charge < -0.3 is 0 Å². The van der Waals surface area contributed by atoms with E-state index in [1.807, 2.05) is 0 Å². The highest BCUT2D eigenvalue weighted by Crippen LogP contribution is 2.28. The molecule has 1 aromatic carbocycles. The molecule has 0 fully saturated rings. The molecule has 2 nitrogen and oxygen atoms in total. The molecule has 1 heterocycles. The van der Waals surface area contributed by atoms with Gasteiger partial charge in [0.25, 0.3) is 5.24 Å². The summed E-state index contributed by atoms with van der Waals surface area (Å²) in [5.41, 5.74) is 0.860. The molecule has 0 aliphatic heterocycles. The molecular weight excluding hydrogens is 256 g/mol. The molecule has 0 bridgehead atoms. The van der Waals surface area contributed by atoms with Crippen LogP contribution in [0.25, 0.3) is 10.9 Å². The van der Waals surface area contributed by atoms with Crippen LogP contribution >= 0.6 is 34.8 Å². The van der Waals surface area contributed by atoms with Gasteiger partial charge in [0.05, 0.1) is 16.1 Å². The van der Waals surface area contributed by atoms with E-state index in [4.69, 9.17) is 34.8 Å². The molecule has 15 heavy (non-hydrogen) atoms. The van der Waals surface area contributed by atoms with E-state index in [1.54, 1.807) is 18.2 Å². The predicted octanol–water partition coefficient (Wildman–Crippen LogP) is 3.92. The summed E-state index contributed by atoms with van der Waals surface area (Å²) >= 11 is 17.2. The van der Waals surface area contributed by atoms with Gasteiger partial charge in [-0.1, -0.05) is 23.2 Å². The van der Waals surface area contributed by atoms with Gasteiger partial charge in [0.1, 0.15) is 0 Å². The molecule has 0 amide bonds. The zero-order chi connectivity index (χ0) is 11.0. The molecule has 0 N–H and O–H groups in total. The molecular formula is C10H4Cl3NO. The van der Waals surface area contributed by atoms with Crippen molar-refractivity contribution in [1.29, 1.82) is 0 Å². The monoisotopic (exact) mass is 259 g/mol. The Kier molecular flexibility index (Phi) is 2.83. The number of fused-ring (bicyclic) bond motifs is 1. The first kappa shape index (κ1) is 10.7. The molecule has 0 aliphatic carbocycles. The minimum Gasteiger partial charge on any atom is -0.275 e. The van der Waals surface area contributed by atoms with Crippen molar-refractivity contribution in [1.82, 2.24) is 4.98 Å². The number of hydrogen-bond acceptors (Lipinski definition) is 2. The van der Waals surface area contributed by atoms with Crippen molar-refractivity contribution < 1.29 is 4.79 Å². The Morgan fingerprint density at radius 3 is 2.67 bits per heavy atom. The molecule has 76 valence electrons. The van der Waals surface area contributed by atoms with E-state index in [-0.39, 0.29) is 10.6 Å². The maximum atomic E-state index is 11.0. The van der Waals surface area contributed by atoms with Crippen molar-refractivity contribution in [2.75, 3.05) is 0 Å². The van der Waals surface area contributed by atoms with Crippen LogP contribution in [0.15, 0.2) is 24.4 Å². The lowest BCUT2D eigenvalue weighted by Gasteiger charge is -2.03. The number of carbonyl (C=O) groups is 1. The summed E-state index contributed by atoms with van der Waals surface area (Å²) < 4.78 is 0. The van der Waals surface area contributed by atoms with Crippen LogP contribution in [0.3, 0.4) is 0 Å². The molecule has 0 atom stereocenters. The Balaban J connectivity index is 2.82. The van der Waals surface area contributed by atoms with Crippen molar-refractivity contribution >= 4 is 50.9 Å². The third-order valence-corrected chi connectivity index (χ3v) is 2.82. The molecule has 0 radical (unpaired) electrons. The van der Waals surface area contributed by atoms with E-state index < -0.39 is 5.24 Å². The number of pyridine rings is 1. The van der Waals surface area contributed by atoms with Crippen molar-refractivity contribution in [2.24, 2.45) is 0 Å². The smallest absolute Gasteiger partial charge is 0.255 e. The summed E-state index contributed by atoms with van der Waals surface area (Å²) in [5, 5.41) is 0.804. The second kappa shape index (κ2) is 3.97. The summed E-state index contributed by atoms with van der Waals surface area (Å²) in [5.74, 6) is 0. The van der Waals surface area contributed by atoms with Gasteiger partial charge in [-0.2, -0.15) is 0 Å². The topological polar surface area (TPSA) is 30.0 Å². The zero-order valence-electron chi connectivity index (χ0n) is 7.30. The number of rotatable bonds is 1. The van der Waals surface area contributed by atoms with Crippen molar-refractivity contribution in [3.63, 3.8) is 0 Å². The van der Waals surface area contributed by atoms with Crippen LogP contribution in [-0.4, -0.2) is 10.2 Å². The Labute approximate surface area is 101 Å². The minimum absolute atomic E-state index is 0.188. The maximum Gasteiger partial charge on any atom is 0.255 e. The second-order valence-corrected chi connectivity index (χ2v) is 4.08. The molecule has 0 saturated carbocycles. The number of carbonyl (C=O) groups excluding carboxylic acids is 1. The first-order valence-electron chi connectivity index (χ1n) is 4.03. The van der Waals surface area contributed by atoms with Gasteiger partial charge in [0, 0.05) is 16.6 Å². The predicted molar refractivity (Wildman–Crippen MR) is 61.9 cm³/mol. The van der Waals surface area contributed by atoms with Crippen molar-refractivity contribution in [3.05, 3.63) is 40.0 Å². The summed E-state index contributed by atoms with van der Waals surface area (Å²) in [6, 6.07) is 5.08. The maximum absolute atomic E-state index is 11.0. The fraction of sp³-hybridized carbons (Fsp3) is 0. The first-order valence-corrected chi connectivity index (χ1v) is 5.16. The van der Waals surface area contributed by atoms with Gasteiger partial charge in [0.2, 0.25) is 0 Å². The van der Waals surface area contributed by atoms with Gasteiger partial charge in [0.15, 0.2) is 0 Å². The quantitative estimate of drug-likeness (QED) is 0.727. The van der Waals surface area contributed by atoms with E-state index in [1.165, 1.54) is 6.20 Å². The summed E-state index contributed by atoms with van der Waals surface area (Å²) in [7, 11) is 0. The molecule has 5 heteroatoms. The van der Waals surface area contributed by atoms with E-state index in [0.29, 0.717) is 15.9 Å². The van der Waals surface area contributed by atoms with E-state index in [9.17, 15) is 4.79 Å². The van der Waals surface area contributed by atoms with Crippen LogP contribution in [-0.2, 0) is 0 Å². The van der Waals surface area contributed by atoms with Crippen LogP contribution in [0.2, 0.25) is 10.0 Å². The highest BCUT2D eigenvalue weighted by atomic mass is 35.5. The highest BCUT2D eigenvalue weighted by molar-refractivity contribution is 6.69. The fourth-order valence-electron chi connectivity index (χ4n) is 1.27. The molecule has 2 rings (SSSR count). The lowest BCUT2D eigenvalue weighted by Crippen LogP contribution is -1.93. The SMILES string of the molecule is O=C(Cl)c1cnc2ccc(Cl)cc2c1Cl. The zero-order valence-corrected chi connectivity index (χ0v) is 9.57. The third-order valence-electron chi connectivity index (χ3n) is 1.98. The summed E-state index contributed by atoms with van der Waals surface area (Å²) in [4.78, 5) is 15.1.